The van der Waals surface area contributed by atoms with Gasteiger partial charge in [0.25, 0.3) is 11.8 Å². The number of carbonyl (C=O) groups is 2. The molecule has 1 N–H and O–H groups in total. The second-order valence-corrected chi connectivity index (χ2v) is 7.32. The molecule has 1 aliphatic heterocycles. The van der Waals surface area contributed by atoms with E-state index in [1.54, 1.807) is 80.9 Å². The molecule has 1 heterocycles. The number of hydrogen-bond acceptors (Lipinski definition) is 7. The van der Waals surface area contributed by atoms with Crippen LogP contribution in [-0.2, 0) is 9.59 Å². The van der Waals surface area contributed by atoms with Gasteiger partial charge in [0.15, 0.2) is 11.5 Å². The summed E-state index contributed by atoms with van der Waals surface area (Å²) in [6.45, 7) is 0. The molecule has 34 heavy (non-hydrogen) atoms. The predicted octanol–water partition coefficient (Wildman–Crippen LogP) is 4.12. The molecule has 0 fully saturated rings. The van der Waals surface area contributed by atoms with E-state index in [-0.39, 0.29) is 11.3 Å². The van der Waals surface area contributed by atoms with E-state index in [4.69, 9.17) is 18.9 Å². The predicted molar refractivity (Wildman–Crippen MR) is 129 cm³/mol. The van der Waals surface area contributed by atoms with Crippen LogP contribution in [0.5, 0.6) is 23.0 Å². The molecule has 8 nitrogen and oxygen atoms in total. The zero-order valence-corrected chi connectivity index (χ0v) is 19.2. The van der Waals surface area contributed by atoms with Crippen LogP contribution >= 0.6 is 0 Å². The zero-order chi connectivity index (χ0) is 24.2. The Morgan fingerprint density at radius 1 is 0.676 bits per heavy atom. The average Bonchev–Trinajstić information content (AvgIpc) is 3.12. The molecule has 0 aromatic heterocycles. The number of nitrogens with one attached hydrogen (secondary N) is 1. The van der Waals surface area contributed by atoms with Crippen molar-refractivity contribution in [3.05, 3.63) is 78.0 Å². The quantitative estimate of drug-likeness (QED) is 0.506. The highest BCUT2D eigenvalue weighted by atomic mass is 16.5. The second kappa shape index (κ2) is 9.58. The van der Waals surface area contributed by atoms with Crippen LogP contribution in [0.4, 0.5) is 11.4 Å². The van der Waals surface area contributed by atoms with Crippen molar-refractivity contribution in [2.24, 2.45) is 0 Å². The van der Waals surface area contributed by atoms with E-state index in [9.17, 15) is 9.59 Å². The third-order valence-electron chi connectivity index (χ3n) is 5.43. The number of hydrogen-bond donors (Lipinski definition) is 1. The number of ether oxygens (including phenoxy) is 4. The first-order valence-corrected chi connectivity index (χ1v) is 10.4. The van der Waals surface area contributed by atoms with Crippen molar-refractivity contribution in [3.8, 4) is 23.0 Å². The maximum atomic E-state index is 13.6. The number of anilines is 2. The summed E-state index contributed by atoms with van der Waals surface area (Å²) in [7, 11) is 6.16. The Kier molecular flexibility index (Phi) is 6.40. The molecule has 8 heteroatoms. The SMILES string of the molecule is COc1ccc(C2=C(Nc3ccc(OC)c(OC)c3)C(=O)N(c3cccc(OC)c3)C2=O)cc1. The minimum Gasteiger partial charge on any atom is -0.497 e. The van der Waals surface area contributed by atoms with Crippen molar-refractivity contribution in [1.82, 2.24) is 0 Å². The highest BCUT2D eigenvalue weighted by Gasteiger charge is 2.40. The fourth-order valence-electron chi connectivity index (χ4n) is 3.71. The van der Waals surface area contributed by atoms with Gasteiger partial charge in [-0.05, 0) is 42.0 Å². The molecule has 0 aliphatic carbocycles. The Bertz CT molecular complexity index is 1270. The summed E-state index contributed by atoms with van der Waals surface area (Å²) in [5.41, 5.74) is 1.93. The molecule has 3 aromatic carbocycles. The summed E-state index contributed by atoms with van der Waals surface area (Å²) in [6.07, 6.45) is 0. The van der Waals surface area contributed by atoms with E-state index in [1.165, 1.54) is 14.2 Å². The largest absolute Gasteiger partial charge is 0.497 e. The Morgan fingerprint density at radius 2 is 1.38 bits per heavy atom. The summed E-state index contributed by atoms with van der Waals surface area (Å²) < 4.78 is 21.2. The van der Waals surface area contributed by atoms with Gasteiger partial charge < -0.3 is 24.3 Å². The molecule has 0 saturated carbocycles. The van der Waals surface area contributed by atoms with Gasteiger partial charge in [0.2, 0.25) is 0 Å². The van der Waals surface area contributed by atoms with Crippen LogP contribution in [0.1, 0.15) is 5.56 Å². The number of methoxy groups -OCH3 is 4. The maximum Gasteiger partial charge on any atom is 0.282 e. The number of nitrogens with zero attached hydrogens (tertiary/aromatic N) is 1. The van der Waals surface area contributed by atoms with E-state index in [0.717, 1.165) is 4.90 Å². The van der Waals surface area contributed by atoms with E-state index >= 15 is 0 Å². The fraction of sp³-hybridized carbons (Fsp3) is 0.154. The summed E-state index contributed by atoms with van der Waals surface area (Å²) in [6, 6.07) is 18.9. The first-order chi connectivity index (χ1) is 16.5. The molecule has 2 amide bonds. The van der Waals surface area contributed by atoms with Gasteiger partial charge in [-0.2, -0.15) is 0 Å². The lowest BCUT2D eigenvalue weighted by Crippen LogP contribution is -2.32. The van der Waals surface area contributed by atoms with Gasteiger partial charge in [-0.15, -0.1) is 0 Å². The van der Waals surface area contributed by atoms with E-state index in [1.807, 2.05) is 0 Å². The van der Waals surface area contributed by atoms with Crippen LogP contribution < -0.4 is 29.2 Å². The van der Waals surface area contributed by atoms with Gasteiger partial charge in [0.1, 0.15) is 17.2 Å². The number of benzene rings is 3. The van der Waals surface area contributed by atoms with Crippen LogP contribution in [0.3, 0.4) is 0 Å². The number of amides is 2. The summed E-state index contributed by atoms with van der Waals surface area (Å²) in [5.74, 6) is 1.26. The van der Waals surface area contributed by atoms with Crippen molar-refractivity contribution < 1.29 is 28.5 Å². The first kappa shape index (κ1) is 22.7. The normalized spacial score (nSPS) is 13.2. The van der Waals surface area contributed by atoms with Crippen LogP contribution in [-0.4, -0.2) is 40.3 Å². The molecule has 0 unspecified atom stereocenters. The van der Waals surface area contributed by atoms with Gasteiger partial charge in [0, 0.05) is 17.8 Å². The first-order valence-electron chi connectivity index (χ1n) is 10.4. The van der Waals surface area contributed by atoms with Crippen LogP contribution in [0.2, 0.25) is 0 Å². The number of imide groups is 1. The van der Waals surface area contributed by atoms with Crippen LogP contribution in [0.25, 0.3) is 5.57 Å². The Morgan fingerprint density at radius 3 is 2.03 bits per heavy atom. The molecule has 0 saturated heterocycles. The van der Waals surface area contributed by atoms with Gasteiger partial charge in [-0.1, -0.05) is 18.2 Å². The lowest BCUT2D eigenvalue weighted by Gasteiger charge is -2.16. The molecule has 0 bridgehead atoms. The topological polar surface area (TPSA) is 86.3 Å². The standard InChI is InChI=1S/C26H24N2O6/c1-31-19-11-8-16(9-12-19)23-24(27-17-10-13-21(33-3)22(14-17)34-4)26(30)28(25(23)29)18-6-5-7-20(15-18)32-2/h5-15,27H,1-4H3. The third-order valence-corrected chi connectivity index (χ3v) is 5.43. The second-order valence-electron chi connectivity index (χ2n) is 7.32. The Balaban J connectivity index is 1.81. The zero-order valence-electron chi connectivity index (χ0n) is 19.2. The fourth-order valence-corrected chi connectivity index (χ4v) is 3.71. The maximum absolute atomic E-state index is 13.6. The minimum atomic E-state index is -0.487. The van der Waals surface area contributed by atoms with E-state index in [2.05, 4.69) is 5.32 Å². The van der Waals surface area contributed by atoms with Crippen molar-refractivity contribution in [2.45, 2.75) is 0 Å². The molecule has 3 aromatic rings. The smallest absolute Gasteiger partial charge is 0.282 e. The molecular formula is C26H24N2O6. The van der Waals surface area contributed by atoms with Crippen LogP contribution in [0, 0.1) is 0 Å². The van der Waals surface area contributed by atoms with Gasteiger partial charge in [0.05, 0.1) is 39.7 Å². The van der Waals surface area contributed by atoms with Crippen molar-refractivity contribution in [1.29, 1.82) is 0 Å². The van der Waals surface area contributed by atoms with Crippen molar-refractivity contribution in [3.63, 3.8) is 0 Å². The molecule has 0 atom stereocenters. The third kappa shape index (κ3) is 4.13. The molecular weight excluding hydrogens is 436 g/mol. The number of rotatable bonds is 8. The lowest BCUT2D eigenvalue weighted by atomic mass is 10.0. The number of carbonyl (C=O) groups excluding carboxylic acids is 2. The molecule has 0 spiro atoms. The van der Waals surface area contributed by atoms with E-state index < -0.39 is 11.8 Å². The summed E-state index contributed by atoms with van der Waals surface area (Å²) in [5, 5.41) is 3.12. The Hall–Kier alpha value is -4.46. The molecule has 0 radical (unpaired) electrons. The summed E-state index contributed by atoms with van der Waals surface area (Å²) >= 11 is 0. The lowest BCUT2D eigenvalue weighted by molar-refractivity contribution is -0.120. The molecule has 4 rings (SSSR count). The average molecular weight is 460 g/mol. The van der Waals surface area contributed by atoms with Crippen molar-refractivity contribution >= 4 is 28.8 Å². The van der Waals surface area contributed by atoms with Gasteiger partial charge in [-0.3, -0.25) is 9.59 Å². The van der Waals surface area contributed by atoms with Gasteiger partial charge in [-0.25, -0.2) is 4.90 Å². The van der Waals surface area contributed by atoms with Gasteiger partial charge >= 0.3 is 0 Å². The summed E-state index contributed by atoms with van der Waals surface area (Å²) in [4.78, 5) is 28.3. The van der Waals surface area contributed by atoms with Crippen LogP contribution in [0.15, 0.2) is 72.4 Å². The van der Waals surface area contributed by atoms with E-state index in [0.29, 0.717) is 39.9 Å². The molecule has 1 aliphatic rings. The van der Waals surface area contributed by atoms with Crippen molar-refractivity contribution in [2.75, 3.05) is 38.7 Å². The highest BCUT2D eigenvalue weighted by molar-refractivity contribution is 6.46. The molecule has 174 valence electrons. The highest BCUT2D eigenvalue weighted by Crippen LogP contribution is 2.37. The monoisotopic (exact) mass is 460 g/mol. The Labute approximate surface area is 197 Å². The minimum absolute atomic E-state index is 0.144.